The number of hydrogen-bond donors (Lipinski definition) is 2. The summed E-state index contributed by atoms with van der Waals surface area (Å²) in [5.41, 5.74) is 0.948. The fraction of sp³-hybridized carbons (Fsp3) is 0.389. The molecule has 0 spiro atoms. The van der Waals surface area contributed by atoms with Gasteiger partial charge in [0.05, 0.1) is 19.6 Å². The maximum absolute atomic E-state index is 13.1. The molecule has 150 valence electrons. The highest BCUT2D eigenvalue weighted by molar-refractivity contribution is 5.87. The lowest BCUT2D eigenvalue weighted by atomic mass is 9.88. The Morgan fingerprint density at radius 3 is 2.64 bits per heavy atom. The SMILES string of the molecule is COc1ccc(Cn2cnc(NC(=O)N[C@@H]3CC=CC[C@H]3C(F)(F)F)n2)cc1. The Bertz CT molecular complexity index is 832. The number of amides is 2. The third-order valence-corrected chi connectivity index (χ3v) is 4.43. The number of allylic oxidation sites excluding steroid dienone is 1. The Morgan fingerprint density at radius 1 is 1.25 bits per heavy atom. The molecular weight excluding hydrogens is 375 g/mol. The van der Waals surface area contributed by atoms with Gasteiger partial charge in [-0.1, -0.05) is 24.3 Å². The molecule has 0 saturated carbocycles. The molecule has 0 aliphatic heterocycles. The number of alkyl halides is 3. The van der Waals surface area contributed by atoms with E-state index in [1.165, 1.54) is 17.1 Å². The standard InChI is InChI=1S/C18H20F3N5O2/c1-28-13-8-6-12(7-9-13)10-26-11-22-16(25-26)24-17(27)23-15-5-3-2-4-14(15)18(19,20)21/h2-3,6-9,11,14-15H,4-5,10H2,1H3,(H2,23,24,25,27)/t14-,15-/m1/s1. The van der Waals surface area contributed by atoms with Crippen LogP contribution in [0.4, 0.5) is 23.9 Å². The van der Waals surface area contributed by atoms with Crippen molar-refractivity contribution < 1.29 is 22.7 Å². The van der Waals surface area contributed by atoms with Crippen molar-refractivity contribution in [1.82, 2.24) is 20.1 Å². The number of halogens is 3. The van der Waals surface area contributed by atoms with Crippen molar-refractivity contribution in [3.8, 4) is 5.75 Å². The van der Waals surface area contributed by atoms with Crippen molar-refractivity contribution in [2.24, 2.45) is 5.92 Å². The molecule has 0 saturated heterocycles. The van der Waals surface area contributed by atoms with E-state index in [1.54, 1.807) is 13.2 Å². The lowest BCUT2D eigenvalue weighted by molar-refractivity contribution is -0.181. The van der Waals surface area contributed by atoms with Crippen molar-refractivity contribution in [3.63, 3.8) is 0 Å². The number of nitrogens with one attached hydrogen (secondary N) is 2. The highest BCUT2D eigenvalue weighted by atomic mass is 19.4. The summed E-state index contributed by atoms with van der Waals surface area (Å²) in [5.74, 6) is -0.860. The number of benzene rings is 1. The van der Waals surface area contributed by atoms with E-state index in [2.05, 4.69) is 20.7 Å². The van der Waals surface area contributed by atoms with Crippen molar-refractivity contribution in [1.29, 1.82) is 0 Å². The zero-order chi connectivity index (χ0) is 20.1. The summed E-state index contributed by atoms with van der Waals surface area (Å²) in [5, 5.41) is 8.87. The molecule has 1 aliphatic carbocycles. The average Bonchev–Trinajstić information content (AvgIpc) is 3.08. The van der Waals surface area contributed by atoms with Gasteiger partial charge in [0.1, 0.15) is 12.1 Å². The summed E-state index contributed by atoms with van der Waals surface area (Å²) < 4.78 is 45.9. The van der Waals surface area contributed by atoms with Gasteiger partial charge in [-0.15, -0.1) is 5.10 Å². The maximum atomic E-state index is 13.1. The molecule has 0 unspecified atom stereocenters. The predicted octanol–water partition coefficient (Wildman–Crippen LogP) is 3.35. The number of aromatic nitrogens is 3. The number of urea groups is 1. The molecule has 28 heavy (non-hydrogen) atoms. The smallest absolute Gasteiger partial charge is 0.394 e. The summed E-state index contributed by atoms with van der Waals surface area (Å²) in [6.45, 7) is 0.420. The first-order valence-electron chi connectivity index (χ1n) is 8.67. The van der Waals surface area contributed by atoms with Gasteiger partial charge in [-0.2, -0.15) is 13.2 Å². The van der Waals surface area contributed by atoms with E-state index in [-0.39, 0.29) is 18.8 Å². The first-order valence-corrected chi connectivity index (χ1v) is 8.67. The van der Waals surface area contributed by atoms with Gasteiger partial charge < -0.3 is 10.1 Å². The van der Waals surface area contributed by atoms with Gasteiger partial charge in [-0.25, -0.2) is 14.5 Å². The van der Waals surface area contributed by atoms with Gasteiger partial charge in [-0.3, -0.25) is 5.32 Å². The Balaban J connectivity index is 1.56. The molecule has 0 bridgehead atoms. The molecule has 2 amide bonds. The van der Waals surface area contributed by atoms with Crippen molar-refractivity contribution >= 4 is 12.0 Å². The molecule has 3 rings (SSSR count). The van der Waals surface area contributed by atoms with E-state index in [4.69, 9.17) is 4.74 Å². The van der Waals surface area contributed by atoms with Crippen LogP contribution in [-0.4, -0.2) is 40.1 Å². The minimum absolute atomic E-state index is 0.0147. The average molecular weight is 395 g/mol. The molecule has 2 N–H and O–H groups in total. The van der Waals surface area contributed by atoms with Crippen LogP contribution in [0, 0.1) is 5.92 Å². The number of anilines is 1. The lowest BCUT2D eigenvalue weighted by Crippen LogP contribution is -2.48. The van der Waals surface area contributed by atoms with Gasteiger partial charge >= 0.3 is 12.2 Å². The molecule has 1 aliphatic rings. The second kappa shape index (κ2) is 8.32. The third kappa shape index (κ3) is 5.02. The molecule has 1 aromatic heterocycles. The number of rotatable bonds is 5. The maximum Gasteiger partial charge on any atom is 0.394 e. The molecule has 1 aromatic carbocycles. The Morgan fingerprint density at radius 2 is 1.96 bits per heavy atom. The highest BCUT2D eigenvalue weighted by Crippen LogP contribution is 2.35. The second-order valence-corrected chi connectivity index (χ2v) is 6.41. The first-order chi connectivity index (χ1) is 13.3. The zero-order valence-electron chi connectivity index (χ0n) is 15.1. The molecule has 10 heteroatoms. The van der Waals surface area contributed by atoms with Crippen LogP contribution < -0.4 is 15.4 Å². The number of nitrogens with zero attached hydrogens (tertiary/aromatic N) is 3. The monoisotopic (exact) mass is 395 g/mol. The van der Waals surface area contributed by atoms with E-state index in [9.17, 15) is 18.0 Å². The quantitative estimate of drug-likeness (QED) is 0.761. The molecule has 7 nitrogen and oxygen atoms in total. The van der Waals surface area contributed by atoms with E-state index >= 15 is 0 Å². The van der Waals surface area contributed by atoms with Crippen molar-refractivity contribution in [2.45, 2.75) is 31.6 Å². The highest BCUT2D eigenvalue weighted by Gasteiger charge is 2.45. The summed E-state index contributed by atoms with van der Waals surface area (Å²) >= 11 is 0. The number of carbonyl (C=O) groups is 1. The Hall–Kier alpha value is -3.04. The summed E-state index contributed by atoms with van der Waals surface area (Å²) in [7, 11) is 1.58. The van der Waals surface area contributed by atoms with Crippen LogP contribution in [0.2, 0.25) is 0 Å². The molecule has 1 heterocycles. The minimum atomic E-state index is -4.37. The van der Waals surface area contributed by atoms with Crippen molar-refractivity contribution in [2.75, 3.05) is 12.4 Å². The molecule has 0 radical (unpaired) electrons. The van der Waals surface area contributed by atoms with E-state index in [0.29, 0.717) is 6.54 Å². The number of methoxy groups -OCH3 is 1. The third-order valence-electron chi connectivity index (χ3n) is 4.43. The van der Waals surface area contributed by atoms with Gasteiger partial charge in [0, 0.05) is 6.04 Å². The van der Waals surface area contributed by atoms with Crippen molar-refractivity contribution in [3.05, 3.63) is 48.3 Å². The van der Waals surface area contributed by atoms with E-state index < -0.39 is 24.2 Å². The fourth-order valence-corrected chi connectivity index (χ4v) is 2.99. The molecular formula is C18H20F3N5O2. The normalized spacial score (nSPS) is 19.3. The van der Waals surface area contributed by atoms with Crippen LogP contribution in [0.25, 0.3) is 0 Å². The van der Waals surface area contributed by atoms with Crippen LogP contribution in [0.5, 0.6) is 5.75 Å². The van der Waals surface area contributed by atoms with Crippen LogP contribution in [-0.2, 0) is 6.54 Å². The van der Waals surface area contributed by atoms with Crippen LogP contribution in [0.3, 0.4) is 0 Å². The Kier molecular flexibility index (Phi) is 5.86. The minimum Gasteiger partial charge on any atom is -0.497 e. The van der Waals surface area contributed by atoms with Crippen LogP contribution in [0.15, 0.2) is 42.7 Å². The fourth-order valence-electron chi connectivity index (χ4n) is 2.99. The molecule has 0 fully saturated rings. The Labute approximate surface area is 159 Å². The molecule has 2 atom stereocenters. The topological polar surface area (TPSA) is 81.1 Å². The molecule has 2 aromatic rings. The summed E-state index contributed by atoms with van der Waals surface area (Å²) in [4.78, 5) is 16.0. The van der Waals surface area contributed by atoms with E-state index in [0.717, 1.165) is 11.3 Å². The second-order valence-electron chi connectivity index (χ2n) is 6.41. The first kappa shape index (κ1) is 19.7. The number of ether oxygens (including phenoxy) is 1. The van der Waals surface area contributed by atoms with Gasteiger partial charge in [0.2, 0.25) is 5.95 Å². The number of hydrogen-bond acceptors (Lipinski definition) is 4. The number of carbonyl (C=O) groups excluding carboxylic acids is 1. The van der Waals surface area contributed by atoms with Gasteiger partial charge in [0.25, 0.3) is 0 Å². The largest absolute Gasteiger partial charge is 0.497 e. The van der Waals surface area contributed by atoms with Gasteiger partial charge in [-0.05, 0) is 30.5 Å². The van der Waals surface area contributed by atoms with Crippen LogP contribution in [0.1, 0.15) is 18.4 Å². The van der Waals surface area contributed by atoms with Crippen LogP contribution >= 0.6 is 0 Å². The summed E-state index contributed by atoms with van der Waals surface area (Å²) in [6.07, 6.45) is 0.147. The van der Waals surface area contributed by atoms with E-state index in [1.807, 2.05) is 24.3 Å². The lowest BCUT2D eigenvalue weighted by Gasteiger charge is -2.30. The zero-order valence-corrected chi connectivity index (χ0v) is 15.1. The van der Waals surface area contributed by atoms with Gasteiger partial charge in [0.15, 0.2) is 0 Å². The predicted molar refractivity (Wildman–Crippen MR) is 96.0 cm³/mol. The summed E-state index contributed by atoms with van der Waals surface area (Å²) in [6, 6.07) is 5.58.